The van der Waals surface area contributed by atoms with Crippen molar-refractivity contribution in [3.63, 3.8) is 0 Å². The summed E-state index contributed by atoms with van der Waals surface area (Å²) in [6.45, 7) is 17.2. The SMILES string of the molecule is Cc1c(C)c(C)c(N2C(=O)c3ccc(C(C)(c4ccc5c(c4)C(=O)N(C)C5=O)C(F)(F)F)cc3C2=O)c(C)c1C.Cc1cc(C(=O)OCCCOC(C)C)cc(N2C(=O)c3ccc(C(C)(c4ccc5c(c4)C(=O)N(C)C5=O)C(F)(F)F)cc3C2=O)c1. The smallest absolute Gasteiger partial charge is 0.402 e. The van der Waals surface area contributed by atoms with E-state index >= 15 is 0 Å². The molecule has 86 heavy (non-hydrogen) atoms. The molecule has 6 aromatic carbocycles. The van der Waals surface area contributed by atoms with Crippen molar-refractivity contribution in [3.8, 4) is 0 Å². The second-order valence-corrected chi connectivity index (χ2v) is 22.5. The summed E-state index contributed by atoms with van der Waals surface area (Å²) >= 11 is 0. The Morgan fingerprint density at radius 3 is 1.17 bits per heavy atom. The number of hydrogen-bond acceptors (Lipinski definition) is 11. The fourth-order valence-electron chi connectivity index (χ4n) is 11.3. The largest absolute Gasteiger partial charge is 0.462 e. The van der Waals surface area contributed by atoms with Crippen LogP contribution in [0.5, 0.6) is 0 Å². The summed E-state index contributed by atoms with van der Waals surface area (Å²) < 4.78 is 100. The van der Waals surface area contributed by atoms with E-state index in [1.165, 1.54) is 62.6 Å². The summed E-state index contributed by atoms with van der Waals surface area (Å²) in [6.07, 6.45) is -9.26. The summed E-state index contributed by atoms with van der Waals surface area (Å²) in [7, 11) is 2.51. The minimum Gasteiger partial charge on any atom is -0.462 e. The van der Waals surface area contributed by atoms with Gasteiger partial charge in [-0.3, -0.25) is 48.2 Å². The average Bonchev–Trinajstić information content (AvgIpc) is 1.46. The number of aryl methyl sites for hydroxylation is 1. The van der Waals surface area contributed by atoms with Gasteiger partial charge in [0, 0.05) is 20.5 Å². The number of amides is 8. The molecular weight excluding hydrogens is 1130 g/mol. The normalized spacial score (nSPS) is 16.2. The van der Waals surface area contributed by atoms with Gasteiger partial charge in [-0.2, -0.15) is 26.3 Å². The van der Waals surface area contributed by atoms with E-state index in [2.05, 4.69) is 0 Å². The number of benzene rings is 6. The topological polar surface area (TPSA) is 185 Å². The van der Waals surface area contributed by atoms with Gasteiger partial charge in [0.1, 0.15) is 10.8 Å². The number of nitrogens with zero attached hydrogens (tertiary/aromatic N) is 4. The molecule has 2 atom stereocenters. The van der Waals surface area contributed by atoms with Gasteiger partial charge in [0.25, 0.3) is 47.3 Å². The third-order valence-electron chi connectivity index (χ3n) is 17.1. The van der Waals surface area contributed by atoms with Crippen LogP contribution in [0.3, 0.4) is 0 Å². The zero-order chi connectivity index (χ0) is 63.3. The lowest BCUT2D eigenvalue weighted by Gasteiger charge is -2.33. The first kappa shape index (κ1) is 61.5. The number of carbonyl (C=O) groups excluding carboxylic acids is 9. The zero-order valence-electron chi connectivity index (χ0n) is 48.9. The van der Waals surface area contributed by atoms with Gasteiger partial charge in [-0.15, -0.1) is 0 Å². The highest BCUT2D eigenvalue weighted by Crippen LogP contribution is 2.50. The number of fused-ring (bicyclic) bond motifs is 4. The van der Waals surface area contributed by atoms with Gasteiger partial charge in [-0.25, -0.2) is 14.6 Å². The Hall–Kier alpha value is -9.11. The number of alkyl halides is 6. The van der Waals surface area contributed by atoms with Gasteiger partial charge in [0.05, 0.1) is 80.8 Å². The summed E-state index contributed by atoms with van der Waals surface area (Å²) in [5.41, 5.74) is -1.75. The van der Waals surface area contributed by atoms with E-state index < -0.39 is 76.4 Å². The predicted octanol–water partition coefficient (Wildman–Crippen LogP) is 12.0. The number of anilines is 2. The van der Waals surface area contributed by atoms with Crippen LogP contribution >= 0.6 is 0 Å². The van der Waals surface area contributed by atoms with E-state index in [-0.39, 0.29) is 90.7 Å². The molecule has 6 aromatic rings. The van der Waals surface area contributed by atoms with Crippen molar-refractivity contribution >= 4 is 64.6 Å². The van der Waals surface area contributed by atoms with Crippen molar-refractivity contribution in [2.75, 3.05) is 37.1 Å². The molecule has 0 fully saturated rings. The summed E-state index contributed by atoms with van der Waals surface area (Å²) in [4.78, 5) is 120. The minimum atomic E-state index is -4.91. The van der Waals surface area contributed by atoms with Gasteiger partial charge in [-0.05, 0) is 192 Å². The van der Waals surface area contributed by atoms with Crippen molar-refractivity contribution in [2.24, 2.45) is 0 Å². The molecule has 15 nitrogen and oxygen atoms in total. The highest BCUT2D eigenvalue weighted by Gasteiger charge is 2.57. The number of carbonyl (C=O) groups is 9. The van der Waals surface area contributed by atoms with Crippen molar-refractivity contribution in [2.45, 2.75) is 105 Å². The molecule has 10 rings (SSSR count). The van der Waals surface area contributed by atoms with E-state index in [4.69, 9.17) is 9.47 Å². The number of imide groups is 4. The van der Waals surface area contributed by atoms with Crippen LogP contribution in [0.25, 0.3) is 0 Å². The molecule has 4 aliphatic heterocycles. The van der Waals surface area contributed by atoms with E-state index in [0.717, 1.165) is 104 Å². The van der Waals surface area contributed by atoms with Crippen molar-refractivity contribution in [3.05, 3.63) is 197 Å². The molecule has 2 unspecified atom stereocenters. The van der Waals surface area contributed by atoms with Crippen molar-refractivity contribution in [1.82, 2.24) is 9.80 Å². The Morgan fingerprint density at radius 1 is 0.442 bits per heavy atom. The lowest BCUT2D eigenvalue weighted by molar-refractivity contribution is -0.173. The summed E-state index contributed by atoms with van der Waals surface area (Å²) in [5, 5.41) is 0. The quantitative estimate of drug-likeness (QED) is 0.0491. The summed E-state index contributed by atoms with van der Waals surface area (Å²) in [5.74, 6) is -6.21. The lowest BCUT2D eigenvalue weighted by Crippen LogP contribution is -2.41. The maximum absolute atomic E-state index is 14.9. The number of ether oxygens (including phenoxy) is 2. The first-order valence-electron chi connectivity index (χ1n) is 27.2. The zero-order valence-corrected chi connectivity index (χ0v) is 48.9. The molecule has 0 bridgehead atoms. The first-order chi connectivity index (χ1) is 40.1. The van der Waals surface area contributed by atoms with Gasteiger partial charge < -0.3 is 9.47 Å². The Bertz CT molecular complexity index is 3990. The Labute approximate surface area is 490 Å². The van der Waals surface area contributed by atoms with E-state index in [9.17, 15) is 69.5 Å². The number of hydrogen-bond donors (Lipinski definition) is 0. The van der Waals surface area contributed by atoms with Crippen LogP contribution in [0.2, 0.25) is 0 Å². The molecular formula is C65H58F6N4O11. The maximum Gasteiger partial charge on any atom is 0.402 e. The van der Waals surface area contributed by atoms with Crippen LogP contribution in [-0.4, -0.2) is 109 Å². The van der Waals surface area contributed by atoms with Crippen LogP contribution in [0.4, 0.5) is 37.7 Å². The van der Waals surface area contributed by atoms with Gasteiger partial charge in [0.15, 0.2) is 0 Å². The highest BCUT2D eigenvalue weighted by atomic mass is 19.4. The van der Waals surface area contributed by atoms with Crippen LogP contribution in [0.15, 0.2) is 91.0 Å². The van der Waals surface area contributed by atoms with E-state index in [1.807, 2.05) is 48.5 Å². The number of rotatable bonds is 12. The van der Waals surface area contributed by atoms with Crippen molar-refractivity contribution < 1.29 is 79.0 Å². The monoisotopic (exact) mass is 1180 g/mol. The summed E-state index contributed by atoms with van der Waals surface area (Å²) in [6, 6.07) is 18.1. The van der Waals surface area contributed by atoms with Crippen molar-refractivity contribution in [1.29, 1.82) is 0 Å². The third kappa shape index (κ3) is 9.74. The molecule has 0 saturated heterocycles. The standard InChI is InChI=1S/C34H31F3N2O7.C31H27F3N2O4/c1-18(2)45-11-6-12-46-32(44)20-13-19(3)14-23(15-20)39-30(42)25-10-8-22(17-27(25)31(39)43)33(4,34(35,36)37)21-7-9-24-26(16-21)29(41)38(5)28(24)40;1-14-15(2)17(4)25(18(5)16(14)3)36-28(39)22-11-9-20(13-24(22)29(36)40)30(6,31(32,33)34)19-8-10-21-23(12-19)27(38)35(7)26(21)37/h7-10,13-18H,6,11-12H2,1-5H3;8-13H,1-7H3. The molecule has 0 saturated carbocycles. The molecule has 8 amide bonds. The predicted molar refractivity (Wildman–Crippen MR) is 303 cm³/mol. The fraction of sp³-hybridized carbons (Fsp3) is 0.308. The second-order valence-electron chi connectivity index (χ2n) is 22.5. The molecule has 446 valence electrons. The molecule has 4 aliphatic rings. The lowest BCUT2D eigenvalue weighted by atomic mass is 9.74. The molecule has 0 N–H and O–H groups in total. The van der Waals surface area contributed by atoms with E-state index in [1.54, 1.807) is 6.92 Å². The maximum atomic E-state index is 14.9. The Kier molecular flexibility index (Phi) is 15.5. The molecule has 0 aromatic heterocycles. The molecule has 0 radical (unpaired) electrons. The van der Waals surface area contributed by atoms with Gasteiger partial charge in [-0.1, -0.05) is 24.3 Å². The number of halogens is 6. The Balaban J connectivity index is 0.000000207. The first-order valence-corrected chi connectivity index (χ1v) is 27.2. The van der Waals surface area contributed by atoms with Crippen LogP contribution in [0.1, 0.15) is 183 Å². The van der Waals surface area contributed by atoms with Crippen LogP contribution < -0.4 is 9.80 Å². The van der Waals surface area contributed by atoms with E-state index in [0.29, 0.717) is 24.3 Å². The Morgan fingerprint density at radius 2 is 0.779 bits per heavy atom. The molecule has 4 heterocycles. The van der Waals surface area contributed by atoms with Crippen LogP contribution in [0, 0.1) is 41.5 Å². The number of esters is 1. The molecule has 21 heteroatoms. The van der Waals surface area contributed by atoms with Crippen LogP contribution in [-0.2, 0) is 20.3 Å². The second kappa shape index (κ2) is 21.7. The fourth-order valence-corrected chi connectivity index (χ4v) is 11.3. The highest BCUT2D eigenvalue weighted by molar-refractivity contribution is 6.36. The van der Waals surface area contributed by atoms with Gasteiger partial charge >= 0.3 is 18.3 Å². The third-order valence-corrected chi connectivity index (χ3v) is 17.1. The minimum absolute atomic E-state index is 0.00677. The average molecular weight is 1190 g/mol. The van der Waals surface area contributed by atoms with Gasteiger partial charge in [0.2, 0.25) is 0 Å². The molecule has 0 spiro atoms. The molecule has 0 aliphatic carbocycles.